The van der Waals surface area contributed by atoms with E-state index in [2.05, 4.69) is 9.97 Å². The number of hydrogen-bond acceptors (Lipinski definition) is 2. The molecule has 0 aliphatic carbocycles. The second-order valence-electron chi connectivity index (χ2n) is 4.13. The summed E-state index contributed by atoms with van der Waals surface area (Å²) in [5.74, 6) is 0.958. The second kappa shape index (κ2) is 4.97. The van der Waals surface area contributed by atoms with Crippen molar-refractivity contribution in [2.75, 3.05) is 5.88 Å². The molecular weight excluding hydrogens is 265 g/mol. The number of halogens is 2. The Labute approximate surface area is 114 Å². The summed E-state index contributed by atoms with van der Waals surface area (Å²) in [6.45, 7) is 0. The van der Waals surface area contributed by atoms with Crippen LogP contribution in [0.15, 0.2) is 42.6 Å². The number of hydrogen-bond donors (Lipinski definition) is 0. The van der Waals surface area contributed by atoms with E-state index < -0.39 is 0 Å². The Bertz CT molecular complexity index is 724. The van der Waals surface area contributed by atoms with E-state index in [0.29, 0.717) is 23.6 Å². The molecule has 0 amide bonds. The predicted molar refractivity (Wildman–Crippen MR) is 73.2 cm³/mol. The molecule has 3 rings (SSSR count). The molecule has 0 radical (unpaired) electrons. The van der Waals surface area contributed by atoms with Gasteiger partial charge in [0.25, 0.3) is 0 Å². The van der Waals surface area contributed by atoms with Crippen molar-refractivity contribution in [2.45, 2.75) is 6.42 Å². The van der Waals surface area contributed by atoms with Crippen LogP contribution in [0.4, 0.5) is 4.39 Å². The van der Waals surface area contributed by atoms with Crippen LogP contribution < -0.4 is 0 Å². The Morgan fingerprint density at radius 3 is 2.89 bits per heavy atom. The summed E-state index contributed by atoms with van der Waals surface area (Å²) in [5, 5.41) is 0. The van der Waals surface area contributed by atoms with Gasteiger partial charge in [-0.15, -0.1) is 11.6 Å². The van der Waals surface area contributed by atoms with Crippen LogP contribution in [0.5, 0.6) is 0 Å². The molecular formula is C14H11ClFN3. The van der Waals surface area contributed by atoms with Crippen LogP contribution in [0.25, 0.3) is 16.9 Å². The second-order valence-corrected chi connectivity index (χ2v) is 4.51. The summed E-state index contributed by atoms with van der Waals surface area (Å²) < 4.78 is 15.2. The van der Waals surface area contributed by atoms with Crippen LogP contribution in [-0.2, 0) is 6.42 Å². The number of nitrogens with zero attached hydrogens (tertiary/aromatic N) is 3. The first kappa shape index (κ1) is 12.1. The lowest BCUT2D eigenvalue weighted by atomic mass is 10.3. The van der Waals surface area contributed by atoms with Crippen LogP contribution in [0.2, 0.25) is 0 Å². The number of alkyl halides is 1. The standard InChI is InChI=1S/C14H11ClFN3/c15-7-6-13-18-12-5-2-8-17-14(12)19(13)11-4-1-3-10(16)9-11/h1-5,8-9H,6-7H2. The van der Waals surface area contributed by atoms with Crippen molar-refractivity contribution < 1.29 is 4.39 Å². The van der Waals surface area contributed by atoms with Crippen LogP contribution in [0, 0.1) is 5.82 Å². The van der Waals surface area contributed by atoms with Crippen molar-refractivity contribution in [3.05, 3.63) is 54.2 Å². The number of aryl methyl sites for hydroxylation is 1. The molecule has 0 N–H and O–H groups in total. The van der Waals surface area contributed by atoms with Gasteiger partial charge in [-0.25, -0.2) is 14.4 Å². The number of benzene rings is 1. The molecule has 0 atom stereocenters. The lowest BCUT2D eigenvalue weighted by Crippen LogP contribution is -2.03. The van der Waals surface area contributed by atoms with Gasteiger partial charge in [-0.1, -0.05) is 6.07 Å². The Hall–Kier alpha value is -1.94. The lowest BCUT2D eigenvalue weighted by Gasteiger charge is -2.07. The minimum atomic E-state index is -0.285. The molecule has 19 heavy (non-hydrogen) atoms. The average Bonchev–Trinajstić information content (AvgIpc) is 2.77. The predicted octanol–water partition coefficient (Wildman–Crippen LogP) is 3.34. The van der Waals surface area contributed by atoms with E-state index in [1.807, 2.05) is 22.8 Å². The van der Waals surface area contributed by atoms with Crippen LogP contribution in [0.3, 0.4) is 0 Å². The van der Waals surface area contributed by atoms with Crippen molar-refractivity contribution in [1.29, 1.82) is 0 Å². The third kappa shape index (κ3) is 2.19. The molecule has 96 valence electrons. The van der Waals surface area contributed by atoms with E-state index in [0.717, 1.165) is 11.3 Å². The van der Waals surface area contributed by atoms with Crippen molar-refractivity contribution in [3.8, 4) is 5.69 Å². The zero-order valence-electron chi connectivity index (χ0n) is 10.1. The van der Waals surface area contributed by atoms with Gasteiger partial charge in [0.15, 0.2) is 5.65 Å². The highest BCUT2D eigenvalue weighted by molar-refractivity contribution is 6.17. The molecule has 0 spiro atoms. The van der Waals surface area contributed by atoms with E-state index in [4.69, 9.17) is 11.6 Å². The Kier molecular flexibility index (Phi) is 3.17. The number of aromatic nitrogens is 3. The van der Waals surface area contributed by atoms with E-state index >= 15 is 0 Å². The molecule has 0 fully saturated rings. The van der Waals surface area contributed by atoms with E-state index in [-0.39, 0.29) is 5.82 Å². The van der Waals surface area contributed by atoms with Gasteiger partial charge in [-0.3, -0.25) is 4.57 Å². The number of rotatable bonds is 3. The van der Waals surface area contributed by atoms with Gasteiger partial charge in [0.2, 0.25) is 0 Å². The summed E-state index contributed by atoms with van der Waals surface area (Å²) in [4.78, 5) is 8.83. The fourth-order valence-corrected chi connectivity index (χ4v) is 2.27. The van der Waals surface area contributed by atoms with Gasteiger partial charge < -0.3 is 0 Å². The summed E-state index contributed by atoms with van der Waals surface area (Å²) in [7, 11) is 0. The third-order valence-electron chi connectivity index (χ3n) is 2.87. The van der Waals surface area contributed by atoms with Crippen molar-refractivity contribution in [3.63, 3.8) is 0 Å². The molecule has 3 nitrogen and oxygen atoms in total. The SMILES string of the molecule is Fc1cccc(-n2c(CCCl)nc3cccnc32)c1. The van der Waals surface area contributed by atoms with Crippen molar-refractivity contribution in [2.24, 2.45) is 0 Å². The maximum absolute atomic E-state index is 13.4. The summed E-state index contributed by atoms with van der Waals surface area (Å²) in [5.41, 5.74) is 2.21. The third-order valence-corrected chi connectivity index (χ3v) is 3.06. The molecule has 0 unspecified atom stereocenters. The number of fused-ring (bicyclic) bond motifs is 1. The highest BCUT2D eigenvalue weighted by Crippen LogP contribution is 2.20. The molecule has 0 aliphatic heterocycles. The molecule has 1 aromatic carbocycles. The van der Waals surface area contributed by atoms with Crippen molar-refractivity contribution >= 4 is 22.8 Å². The smallest absolute Gasteiger partial charge is 0.164 e. The van der Waals surface area contributed by atoms with E-state index in [1.165, 1.54) is 12.1 Å². The Morgan fingerprint density at radius 2 is 2.11 bits per heavy atom. The van der Waals surface area contributed by atoms with E-state index in [1.54, 1.807) is 12.3 Å². The first-order chi connectivity index (χ1) is 9.29. The van der Waals surface area contributed by atoms with Gasteiger partial charge in [-0.2, -0.15) is 0 Å². The zero-order valence-corrected chi connectivity index (χ0v) is 10.8. The van der Waals surface area contributed by atoms with Crippen LogP contribution in [-0.4, -0.2) is 20.4 Å². The van der Waals surface area contributed by atoms with Gasteiger partial charge in [0.05, 0.1) is 5.69 Å². The maximum Gasteiger partial charge on any atom is 0.164 e. The molecule has 0 saturated heterocycles. The topological polar surface area (TPSA) is 30.7 Å². The Morgan fingerprint density at radius 1 is 1.21 bits per heavy atom. The number of imidazole rings is 1. The normalized spacial score (nSPS) is 11.1. The molecule has 5 heteroatoms. The van der Waals surface area contributed by atoms with Gasteiger partial charge in [0, 0.05) is 18.5 Å². The molecule has 2 heterocycles. The van der Waals surface area contributed by atoms with Crippen LogP contribution >= 0.6 is 11.6 Å². The monoisotopic (exact) mass is 275 g/mol. The van der Waals surface area contributed by atoms with Gasteiger partial charge >= 0.3 is 0 Å². The molecule has 3 aromatic rings. The van der Waals surface area contributed by atoms with E-state index in [9.17, 15) is 4.39 Å². The lowest BCUT2D eigenvalue weighted by molar-refractivity contribution is 0.626. The van der Waals surface area contributed by atoms with Gasteiger partial charge in [0.1, 0.15) is 17.2 Å². The maximum atomic E-state index is 13.4. The van der Waals surface area contributed by atoms with Gasteiger partial charge in [-0.05, 0) is 30.3 Å². The molecule has 2 aromatic heterocycles. The fourth-order valence-electron chi connectivity index (χ4n) is 2.10. The van der Waals surface area contributed by atoms with Crippen molar-refractivity contribution in [1.82, 2.24) is 14.5 Å². The zero-order chi connectivity index (χ0) is 13.2. The summed E-state index contributed by atoms with van der Waals surface area (Å²) in [6, 6.07) is 10.1. The summed E-state index contributed by atoms with van der Waals surface area (Å²) in [6.07, 6.45) is 2.30. The van der Waals surface area contributed by atoms with Crippen LogP contribution in [0.1, 0.15) is 5.82 Å². The highest BCUT2D eigenvalue weighted by Gasteiger charge is 2.13. The largest absolute Gasteiger partial charge is 0.281 e. The molecule has 0 saturated carbocycles. The Balaban J connectivity index is 2.28. The number of pyridine rings is 1. The summed E-state index contributed by atoms with van der Waals surface area (Å²) >= 11 is 5.81. The average molecular weight is 276 g/mol. The highest BCUT2D eigenvalue weighted by atomic mass is 35.5. The minimum absolute atomic E-state index is 0.285. The molecule has 0 aliphatic rings. The first-order valence-corrected chi connectivity index (χ1v) is 6.47. The first-order valence-electron chi connectivity index (χ1n) is 5.94. The minimum Gasteiger partial charge on any atom is -0.281 e. The quantitative estimate of drug-likeness (QED) is 0.687. The fraction of sp³-hybridized carbons (Fsp3) is 0.143. The molecule has 0 bridgehead atoms.